The Kier molecular flexibility index (Phi) is 7.75. The molecule has 0 N–H and O–H groups in total. The van der Waals surface area contributed by atoms with E-state index >= 15 is 0 Å². The van der Waals surface area contributed by atoms with Crippen LogP contribution in [0.1, 0.15) is 63.3 Å². The van der Waals surface area contributed by atoms with Crippen molar-refractivity contribution >= 4 is 20.3 Å². The summed E-state index contributed by atoms with van der Waals surface area (Å²) < 4.78 is 25.3. The molecule has 2 aromatic rings. The number of amides is 2. The first-order valence-electron chi connectivity index (χ1n) is 11.5. The van der Waals surface area contributed by atoms with Crippen LogP contribution in [0.3, 0.4) is 0 Å². The minimum Gasteiger partial charge on any atom is -0.446 e. The van der Waals surface area contributed by atoms with Crippen molar-refractivity contribution in [1.29, 1.82) is 0 Å². The third kappa shape index (κ3) is 6.09. The Morgan fingerprint density at radius 3 is 2.39 bits per heavy atom. The van der Waals surface area contributed by atoms with E-state index < -0.39 is 20.5 Å². The molecule has 3 rings (SSSR count). The van der Waals surface area contributed by atoms with Gasteiger partial charge in [0.25, 0.3) is 0 Å². The Balaban J connectivity index is 1.69. The summed E-state index contributed by atoms with van der Waals surface area (Å²) in [4.78, 5) is 26.5. The Morgan fingerprint density at radius 1 is 1.15 bits per heavy atom. The molecule has 5 nitrogen and oxygen atoms in total. The fraction of sp³-hybridized carbons (Fsp3) is 0.462. The van der Waals surface area contributed by atoms with Crippen molar-refractivity contribution in [3.63, 3.8) is 0 Å². The molecule has 1 heterocycles. The first-order chi connectivity index (χ1) is 15.5. The van der Waals surface area contributed by atoms with E-state index in [1.54, 1.807) is 12.1 Å². The number of halogens is 1. The van der Waals surface area contributed by atoms with Crippen molar-refractivity contribution < 1.29 is 23.1 Å². The van der Waals surface area contributed by atoms with Gasteiger partial charge in [0.05, 0.1) is 6.10 Å². The van der Waals surface area contributed by atoms with Crippen LogP contribution in [-0.4, -0.2) is 31.8 Å². The molecule has 1 aliphatic rings. The Bertz CT molecular complexity index is 957. The van der Waals surface area contributed by atoms with Gasteiger partial charge in [-0.2, -0.15) is 0 Å². The summed E-state index contributed by atoms with van der Waals surface area (Å²) in [5.41, 5.74) is 1.78. The van der Waals surface area contributed by atoms with Gasteiger partial charge < -0.3 is 9.16 Å². The molecule has 178 valence electrons. The van der Waals surface area contributed by atoms with Crippen LogP contribution in [-0.2, 0) is 14.0 Å². The van der Waals surface area contributed by atoms with Crippen LogP contribution < -0.4 is 0 Å². The van der Waals surface area contributed by atoms with Crippen molar-refractivity contribution in [3.8, 4) is 0 Å². The average molecular weight is 472 g/mol. The molecule has 1 fully saturated rings. The van der Waals surface area contributed by atoms with Crippen molar-refractivity contribution in [3.05, 3.63) is 71.5 Å². The van der Waals surface area contributed by atoms with Gasteiger partial charge in [0.1, 0.15) is 18.5 Å². The minimum atomic E-state index is -2.10. The van der Waals surface area contributed by atoms with Gasteiger partial charge >= 0.3 is 6.09 Å². The number of nitrogens with zero attached hydrogens (tertiary/aromatic N) is 1. The lowest BCUT2D eigenvalue weighted by Gasteiger charge is -2.39. The lowest BCUT2D eigenvalue weighted by Crippen LogP contribution is -2.42. The first-order valence-corrected chi connectivity index (χ1v) is 14.4. The second-order valence-electron chi connectivity index (χ2n) is 10.1. The van der Waals surface area contributed by atoms with Gasteiger partial charge in [0.2, 0.25) is 5.91 Å². The predicted molar refractivity (Wildman–Crippen MR) is 129 cm³/mol. The number of carbonyl (C=O) groups is 2. The van der Waals surface area contributed by atoms with E-state index in [0.717, 1.165) is 11.1 Å². The van der Waals surface area contributed by atoms with Crippen LogP contribution in [0, 0.1) is 5.82 Å². The average Bonchev–Trinajstić information content (AvgIpc) is 3.15. The van der Waals surface area contributed by atoms with Gasteiger partial charge in [-0.1, -0.05) is 63.2 Å². The van der Waals surface area contributed by atoms with E-state index in [9.17, 15) is 14.0 Å². The first kappa shape index (κ1) is 25.1. The minimum absolute atomic E-state index is 0.0172. The van der Waals surface area contributed by atoms with E-state index in [1.807, 2.05) is 30.3 Å². The van der Waals surface area contributed by atoms with E-state index in [2.05, 4.69) is 33.9 Å². The van der Waals surface area contributed by atoms with Gasteiger partial charge in [0.15, 0.2) is 8.32 Å². The predicted octanol–water partition coefficient (Wildman–Crippen LogP) is 6.78. The van der Waals surface area contributed by atoms with Crippen LogP contribution in [0.4, 0.5) is 9.18 Å². The van der Waals surface area contributed by atoms with Crippen LogP contribution in [0.2, 0.25) is 18.1 Å². The highest BCUT2D eigenvalue weighted by atomic mass is 28.4. The zero-order valence-electron chi connectivity index (χ0n) is 20.1. The smallest absolute Gasteiger partial charge is 0.417 e. The fourth-order valence-corrected chi connectivity index (χ4v) is 5.00. The summed E-state index contributed by atoms with van der Waals surface area (Å²) in [5, 5.41) is 0.0172. The monoisotopic (exact) mass is 471 g/mol. The molecule has 0 aromatic heterocycles. The van der Waals surface area contributed by atoms with Gasteiger partial charge in [-0.05, 0) is 54.2 Å². The van der Waals surface area contributed by atoms with Crippen LogP contribution in [0.15, 0.2) is 54.6 Å². The molecule has 1 aliphatic heterocycles. The van der Waals surface area contributed by atoms with E-state index in [0.29, 0.717) is 12.8 Å². The number of imide groups is 1. The molecule has 2 amide bonds. The normalized spacial score (nSPS) is 17.7. The van der Waals surface area contributed by atoms with Crippen LogP contribution >= 0.6 is 0 Å². The summed E-state index contributed by atoms with van der Waals surface area (Å²) >= 11 is 0. The summed E-state index contributed by atoms with van der Waals surface area (Å²) in [6, 6.07) is 15.4. The Hall–Kier alpha value is -2.51. The largest absolute Gasteiger partial charge is 0.446 e. The summed E-state index contributed by atoms with van der Waals surface area (Å²) in [6.45, 7) is 11.0. The molecule has 7 heteroatoms. The lowest BCUT2D eigenvalue weighted by molar-refractivity contribution is -0.129. The van der Waals surface area contributed by atoms with Crippen LogP contribution in [0.5, 0.6) is 0 Å². The number of hydrogen-bond acceptors (Lipinski definition) is 4. The number of rotatable bonds is 8. The lowest BCUT2D eigenvalue weighted by atomic mass is 10.0. The zero-order valence-corrected chi connectivity index (χ0v) is 21.1. The van der Waals surface area contributed by atoms with E-state index in [-0.39, 0.29) is 35.9 Å². The molecular formula is C26H34FNO4Si. The highest BCUT2D eigenvalue weighted by Crippen LogP contribution is 2.41. The second-order valence-corrected chi connectivity index (χ2v) is 14.8. The van der Waals surface area contributed by atoms with Gasteiger partial charge in [-0.3, -0.25) is 4.79 Å². The standard InChI is InChI=1S/C26H34FNO4Si/c1-26(2,3)33(4,5)32-23(20-14-16-21(27)17-15-20)12-9-13-24(29)28-22(18-31-25(28)30)19-10-7-6-8-11-19/h6-8,10-11,14-17,22-23H,9,12-13,18H2,1-5H3/t22-,23-/m1/s1. The number of benzene rings is 2. The van der Waals surface area contributed by atoms with Gasteiger partial charge in [-0.15, -0.1) is 0 Å². The maximum atomic E-state index is 13.5. The van der Waals surface area contributed by atoms with Crippen molar-refractivity contribution in [2.45, 2.75) is 70.3 Å². The van der Waals surface area contributed by atoms with E-state index in [4.69, 9.17) is 9.16 Å². The highest BCUT2D eigenvalue weighted by molar-refractivity contribution is 6.74. The van der Waals surface area contributed by atoms with Gasteiger partial charge in [-0.25, -0.2) is 14.1 Å². The maximum Gasteiger partial charge on any atom is 0.417 e. The zero-order chi connectivity index (χ0) is 24.2. The molecule has 0 spiro atoms. The molecule has 33 heavy (non-hydrogen) atoms. The van der Waals surface area contributed by atoms with Crippen molar-refractivity contribution in [1.82, 2.24) is 4.90 Å². The van der Waals surface area contributed by atoms with Crippen molar-refractivity contribution in [2.24, 2.45) is 0 Å². The molecule has 0 unspecified atom stereocenters. The highest BCUT2D eigenvalue weighted by Gasteiger charge is 2.40. The second kappa shape index (κ2) is 10.2. The van der Waals surface area contributed by atoms with Gasteiger partial charge in [0, 0.05) is 6.42 Å². The molecular weight excluding hydrogens is 437 g/mol. The molecule has 0 aliphatic carbocycles. The Morgan fingerprint density at radius 2 is 1.79 bits per heavy atom. The fourth-order valence-electron chi connectivity index (χ4n) is 3.68. The summed E-state index contributed by atoms with van der Waals surface area (Å²) in [5.74, 6) is -0.545. The maximum absolute atomic E-state index is 13.5. The topological polar surface area (TPSA) is 55.8 Å². The quantitative estimate of drug-likeness (QED) is 0.398. The SMILES string of the molecule is CC(C)(C)[Si](C)(C)O[C@H](CCCC(=O)N1C(=O)OC[C@@H]1c1ccccc1)c1ccc(F)cc1. The van der Waals surface area contributed by atoms with Crippen molar-refractivity contribution in [2.75, 3.05) is 6.61 Å². The summed E-state index contributed by atoms with van der Waals surface area (Å²) in [6.07, 6.45) is 0.511. The third-order valence-corrected chi connectivity index (χ3v) is 11.2. The van der Waals surface area contributed by atoms with E-state index in [1.165, 1.54) is 17.0 Å². The van der Waals surface area contributed by atoms with Crippen LogP contribution in [0.25, 0.3) is 0 Å². The molecule has 0 radical (unpaired) electrons. The number of ether oxygens (including phenoxy) is 1. The molecule has 2 aromatic carbocycles. The third-order valence-electron chi connectivity index (χ3n) is 6.67. The molecule has 0 saturated carbocycles. The molecule has 0 bridgehead atoms. The number of hydrogen-bond donors (Lipinski definition) is 0. The molecule has 2 atom stereocenters. The Labute approximate surface area is 197 Å². The summed E-state index contributed by atoms with van der Waals surface area (Å²) in [7, 11) is -2.10. The number of cyclic esters (lactones) is 1. The molecule has 1 saturated heterocycles. The number of carbonyl (C=O) groups excluding carboxylic acids is 2.